The molecular weight excluding hydrogens is 446 g/mol. The maximum atomic E-state index is 12.4. The molecule has 1 atom stereocenters. The van der Waals surface area contributed by atoms with Gasteiger partial charge in [-0.2, -0.15) is 0 Å². The van der Waals surface area contributed by atoms with Gasteiger partial charge in [0, 0.05) is 53.6 Å². The Labute approximate surface area is 203 Å². The van der Waals surface area contributed by atoms with Crippen LogP contribution in [-0.2, 0) is 11.2 Å². The van der Waals surface area contributed by atoms with Crippen LogP contribution in [0.25, 0.3) is 11.3 Å². The predicted molar refractivity (Wildman–Crippen MR) is 137 cm³/mol. The summed E-state index contributed by atoms with van der Waals surface area (Å²) in [6.07, 6.45) is 5.42. The zero-order valence-electron chi connectivity index (χ0n) is 19.7. The van der Waals surface area contributed by atoms with E-state index in [4.69, 9.17) is 4.74 Å². The number of carbonyl (C=O) groups is 1. The van der Waals surface area contributed by atoms with E-state index in [-0.39, 0.29) is 12.1 Å². The summed E-state index contributed by atoms with van der Waals surface area (Å²) in [5.41, 5.74) is 8.02. The van der Waals surface area contributed by atoms with E-state index < -0.39 is 5.60 Å². The van der Waals surface area contributed by atoms with Gasteiger partial charge >= 0.3 is 6.09 Å². The van der Waals surface area contributed by atoms with Gasteiger partial charge in [-0.15, -0.1) is 11.3 Å². The van der Waals surface area contributed by atoms with Crippen molar-refractivity contribution in [3.63, 3.8) is 0 Å². The van der Waals surface area contributed by atoms with Crippen LogP contribution >= 0.6 is 11.3 Å². The van der Waals surface area contributed by atoms with Gasteiger partial charge in [-0.1, -0.05) is 18.2 Å². The number of carbonyl (C=O) groups excluding carboxylic acids is 1. The number of fused-ring (bicyclic) bond motifs is 1. The second kappa shape index (κ2) is 9.10. The van der Waals surface area contributed by atoms with E-state index in [1.165, 1.54) is 11.1 Å². The van der Waals surface area contributed by atoms with Crippen molar-refractivity contribution in [2.75, 3.05) is 23.7 Å². The largest absolute Gasteiger partial charge is 0.444 e. The molecule has 3 aromatic rings. The molecule has 0 spiro atoms. The minimum absolute atomic E-state index is 0.188. The van der Waals surface area contributed by atoms with Crippen molar-refractivity contribution >= 4 is 34.6 Å². The molecular formula is C26H29N5O2S. The van der Waals surface area contributed by atoms with Gasteiger partial charge in [0.1, 0.15) is 11.4 Å². The van der Waals surface area contributed by atoms with Gasteiger partial charge < -0.3 is 20.3 Å². The van der Waals surface area contributed by atoms with Gasteiger partial charge in [-0.25, -0.2) is 14.8 Å². The molecule has 0 fully saturated rings. The number of nitrogens with zero attached hydrogens (tertiary/aromatic N) is 3. The highest BCUT2D eigenvalue weighted by Gasteiger charge is 2.30. The molecule has 0 saturated heterocycles. The van der Waals surface area contributed by atoms with Crippen molar-refractivity contribution in [2.45, 2.75) is 45.3 Å². The number of hydrogen-bond donors (Lipinski definition) is 2. The molecule has 0 bridgehead atoms. The van der Waals surface area contributed by atoms with Crippen LogP contribution in [0.15, 0.2) is 59.1 Å². The van der Waals surface area contributed by atoms with Crippen molar-refractivity contribution in [3.8, 4) is 11.3 Å². The van der Waals surface area contributed by atoms with Gasteiger partial charge in [0.15, 0.2) is 0 Å². The molecule has 4 heterocycles. The number of nitrogens with one attached hydrogen (secondary N) is 2. The van der Waals surface area contributed by atoms with Crippen LogP contribution in [0.3, 0.4) is 0 Å². The Morgan fingerprint density at radius 2 is 2.15 bits per heavy atom. The van der Waals surface area contributed by atoms with Crippen molar-refractivity contribution in [1.29, 1.82) is 0 Å². The maximum absolute atomic E-state index is 12.4. The average molecular weight is 476 g/mol. The van der Waals surface area contributed by atoms with Gasteiger partial charge in [0.2, 0.25) is 0 Å². The first-order valence-electron chi connectivity index (χ1n) is 11.5. The fourth-order valence-electron chi connectivity index (χ4n) is 4.35. The van der Waals surface area contributed by atoms with Crippen LogP contribution in [-0.4, -0.2) is 45.7 Å². The van der Waals surface area contributed by atoms with Crippen LogP contribution in [0.1, 0.15) is 32.8 Å². The number of amides is 1. The van der Waals surface area contributed by atoms with Crippen LogP contribution < -0.4 is 10.6 Å². The summed E-state index contributed by atoms with van der Waals surface area (Å²) in [5.74, 6) is 0.918. The lowest BCUT2D eigenvalue weighted by Crippen LogP contribution is -2.40. The van der Waals surface area contributed by atoms with E-state index in [1.807, 2.05) is 44.6 Å². The average Bonchev–Trinajstić information content (AvgIpc) is 3.49. The van der Waals surface area contributed by atoms with Gasteiger partial charge in [0.05, 0.1) is 17.2 Å². The predicted octanol–water partition coefficient (Wildman–Crippen LogP) is 5.85. The maximum Gasteiger partial charge on any atom is 0.410 e. The molecule has 34 heavy (non-hydrogen) atoms. The zero-order valence-corrected chi connectivity index (χ0v) is 20.5. The molecule has 8 heteroatoms. The number of thiazole rings is 1. The van der Waals surface area contributed by atoms with Crippen molar-refractivity contribution in [1.82, 2.24) is 14.9 Å². The summed E-state index contributed by atoms with van der Waals surface area (Å²) in [6, 6.07) is 10.5. The lowest BCUT2D eigenvalue weighted by atomic mass is 9.97. The number of benzene rings is 1. The quantitative estimate of drug-likeness (QED) is 0.461. The van der Waals surface area contributed by atoms with Gasteiger partial charge in [-0.3, -0.25) is 0 Å². The standard InChI is InChI=1S/C26H29N5O2S/c1-26(2,3)33-25(32)31-11-8-17(9-12-31)22-14-20-21(7-10-27-24(20)30-22)29-19-6-4-5-18(13-19)23-15-34-16-28-23/h4-8,10,13,15-16,22H,9,11-12,14H2,1-3H3,(H2,27,29,30). The summed E-state index contributed by atoms with van der Waals surface area (Å²) >= 11 is 1.60. The molecule has 2 aliphatic heterocycles. The van der Waals surface area contributed by atoms with Crippen molar-refractivity contribution in [3.05, 3.63) is 64.6 Å². The third-order valence-electron chi connectivity index (χ3n) is 5.99. The minimum atomic E-state index is -0.482. The molecule has 1 unspecified atom stereocenters. The molecule has 5 rings (SSSR count). The Morgan fingerprint density at radius 3 is 2.88 bits per heavy atom. The van der Waals surface area contributed by atoms with Crippen LogP contribution in [0, 0.1) is 0 Å². The molecule has 0 radical (unpaired) electrons. The fraction of sp³-hybridized carbons (Fsp3) is 0.346. The van der Waals surface area contributed by atoms with Gasteiger partial charge in [-0.05, 0) is 51.0 Å². The minimum Gasteiger partial charge on any atom is -0.444 e. The topological polar surface area (TPSA) is 79.4 Å². The van der Waals surface area contributed by atoms with Crippen molar-refractivity contribution in [2.24, 2.45) is 0 Å². The third kappa shape index (κ3) is 4.92. The normalized spacial score (nSPS) is 17.6. The van der Waals surface area contributed by atoms with E-state index in [2.05, 4.69) is 50.3 Å². The SMILES string of the molecule is CC(C)(C)OC(=O)N1CC=C(C2Cc3c(Nc4cccc(-c5cscn5)c4)ccnc3N2)CC1. The van der Waals surface area contributed by atoms with E-state index >= 15 is 0 Å². The van der Waals surface area contributed by atoms with Crippen molar-refractivity contribution < 1.29 is 9.53 Å². The number of rotatable bonds is 4. The summed E-state index contributed by atoms with van der Waals surface area (Å²) in [7, 11) is 0. The smallest absolute Gasteiger partial charge is 0.410 e. The second-order valence-electron chi connectivity index (χ2n) is 9.62. The van der Waals surface area contributed by atoms with Gasteiger partial charge in [0.25, 0.3) is 0 Å². The van der Waals surface area contributed by atoms with E-state index in [0.717, 1.165) is 41.3 Å². The molecule has 7 nitrogen and oxygen atoms in total. The first kappa shape index (κ1) is 22.4. The van der Waals surface area contributed by atoms with Crippen LogP contribution in [0.5, 0.6) is 0 Å². The summed E-state index contributed by atoms with van der Waals surface area (Å²) in [4.78, 5) is 23.1. The Morgan fingerprint density at radius 1 is 1.26 bits per heavy atom. The lowest BCUT2D eigenvalue weighted by Gasteiger charge is -2.31. The second-order valence-corrected chi connectivity index (χ2v) is 10.3. The molecule has 2 aliphatic rings. The monoisotopic (exact) mass is 475 g/mol. The Balaban J connectivity index is 1.27. The first-order chi connectivity index (χ1) is 16.4. The molecule has 2 aromatic heterocycles. The highest BCUT2D eigenvalue weighted by molar-refractivity contribution is 7.07. The Hall–Kier alpha value is -3.39. The van der Waals surface area contributed by atoms with E-state index in [9.17, 15) is 4.79 Å². The number of anilines is 3. The molecule has 176 valence electrons. The molecule has 2 N–H and O–H groups in total. The first-order valence-corrected chi connectivity index (χ1v) is 12.5. The third-order valence-corrected chi connectivity index (χ3v) is 6.57. The van der Waals surface area contributed by atoms with E-state index in [1.54, 1.807) is 16.2 Å². The Bertz CT molecular complexity index is 1220. The zero-order chi connectivity index (χ0) is 23.7. The molecule has 0 saturated carbocycles. The molecule has 1 aromatic carbocycles. The number of hydrogen-bond acceptors (Lipinski definition) is 7. The fourth-order valence-corrected chi connectivity index (χ4v) is 4.91. The summed E-state index contributed by atoms with van der Waals surface area (Å²) < 4.78 is 5.51. The summed E-state index contributed by atoms with van der Waals surface area (Å²) in [5, 5.41) is 9.22. The molecule has 1 amide bonds. The van der Waals surface area contributed by atoms with E-state index in [0.29, 0.717) is 13.1 Å². The Kier molecular flexibility index (Phi) is 6.00. The highest BCUT2D eigenvalue weighted by atomic mass is 32.1. The number of pyridine rings is 1. The number of ether oxygens (including phenoxy) is 1. The highest BCUT2D eigenvalue weighted by Crippen LogP contribution is 2.36. The van der Waals surface area contributed by atoms with Crippen LogP contribution in [0.2, 0.25) is 0 Å². The van der Waals surface area contributed by atoms with Crippen LogP contribution in [0.4, 0.5) is 22.0 Å². The lowest BCUT2D eigenvalue weighted by molar-refractivity contribution is 0.0265. The number of aromatic nitrogens is 2. The summed E-state index contributed by atoms with van der Waals surface area (Å²) in [6.45, 7) is 6.91. The molecule has 0 aliphatic carbocycles.